The summed E-state index contributed by atoms with van der Waals surface area (Å²) in [5.41, 5.74) is 6.08. The molecular weight excluding hydrogens is 271 g/mol. The maximum atomic E-state index is 13.6. The number of para-hydroxylation sites is 1. The number of hydrogen-bond donors (Lipinski definition) is 3. The van der Waals surface area contributed by atoms with E-state index in [1.807, 2.05) is 0 Å². The maximum absolute atomic E-state index is 13.6. The topological polar surface area (TPSA) is 75.4 Å². The zero-order valence-corrected chi connectivity index (χ0v) is 10.4. The van der Waals surface area contributed by atoms with Crippen LogP contribution in [-0.2, 0) is 0 Å². The number of carbonyl (C=O) groups is 1. The minimum atomic E-state index is -1.16. The number of anilines is 3. The third-order valence-electron chi connectivity index (χ3n) is 2.52. The van der Waals surface area contributed by atoms with E-state index in [1.54, 1.807) is 0 Å². The number of halogens is 2. The predicted molar refractivity (Wildman–Crippen MR) is 72.5 cm³/mol. The number of hydrogen-bond acceptors (Lipinski definition) is 3. The summed E-state index contributed by atoms with van der Waals surface area (Å²) in [5, 5.41) is 12.1. The van der Waals surface area contributed by atoms with Gasteiger partial charge in [0.25, 0.3) is 0 Å². The van der Waals surface area contributed by atoms with Crippen molar-refractivity contribution < 1.29 is 14.3 Å². The summed E-state index contributed by atoms with van der Waals surface area (Å²) >= 11 is 5.77. The summed E-state index contributed by atoms with van der Waals surface area (Å²) in [6.07, 6.45) is 0. The van der Waals surface area contributed by atoms with Gasteiger partial charge < -0.3 is 16.2 Å². The Bertz CT molecular complexity index is 647. The number of nitrogen functional groups attached to an aromatic ring is 1. The zero-order valence-electron chi connectivity index (χ0n) is 9.65. The van der Waals surface area contributed by atoms with Crippen LogP contribution in [0.5, 0.6) is 0 Å². The van der Waals surface area contributed by atoms with Crippen LogP contribution in [0.4, 0.5) is 21.5 Å². The summed E-state index contributed by atoms with van der Waals surface area (Å²) in [6, 6.07) is 8.35. The Morgan fingerprint density at radius 3 is 2.74 bits per heavy atom. The normalized spacial score (nSPS) is 10.2. The van der Waals surface area contributed by atoms with Crippen molar-refractivity contribution in [2.45, 2.75) is 0 Å². The van der Waals surface area contributed by atoms with Crippen molar-refractivity contribution >= 4 is 34.6 Å². The van der Waals surface area contributed by atoms with Crippen LogP contribution in [0.3, 0.4) is 0 Å². The van der Waals surface area contributed by atoms with Gasteiger partial charge in [-0.2, -0.15) is 0 Å². The van der Waals surface area contributed by atoms with Crippen molar-refractivity contribution in [1.29, 1.82) is 0 Å². The molecular formula is C13H10ClFN2O2. The quantitative estimate of drug-likeness (QED) is 0.752. The van der Waals surface area contributed by atoms with Crippen LogP contribution in [0.15, 0.2) is 36.4 Å². The van der Waals surface area contributed by atoms with Gasteiger partial charge in [0.15, 0.2) is 0 Å². The monoisotopic (exact) mass is 280 g/mol. The van der Waals surface area contributed by atoms with Crippen LogP contribution in [0.1, 0.15) is 10.4 Å². The number of carboxylic acid groups (broad SMARTS) is 1. The molecule has 2 aromatic rings. The molecule has 2 rings (SSSR count). The van der Waals surface area contributed by atoms with Gasteiger partial charge in [-0.1, -0.05) is 17.7 Å². The fraction of sp³-hybridized carbons (Fsp3) is 0. The second kappa shape index (κ2) is 5.16. The van der Waals surface area contributed by atoms with Crippen molar-refractivity contribution in [1.82, 2.24) is 0 Å². The van der Waals surface area contributed by atoms with Crippen molar-refractivity contribution in [2.75, 3.05) is 11.1 Å². The standard InChI is InChI=1S/C13H10ClFN2O2/c14-7-4-5-9(15)11(6-7)17-12-8(13(18)19)2-1-3-10(12)16/h1-6,17H,16H2,(H,18,19). The molecule has 4 N–H and O–H groups in total. The first-order valence-electron chi connectivity index (χ1n) is 5.33. The largest absolute Gasteiger partial charge is 0.478 e. The van der Waals surface area contributed by atoms with Gasteiger partial charge in [0.05, 0.1) is 22.6 Å². The van der Waals surface area contributed by atoms with E-state index in [0.717, 1.165) is 0 Å². The van der Waals surface area contributed by atoms with Gasteiger partial charge in [-0.15, -0.1) is 0 Å². The lowest BCUT2D eigenvalue weighted by Gasteiger charge is -2.13. The Morgan fingerprint density at radius 1 is 1.32 bits per heavy atom. The van der Waals surface area contributed by atoms with Crippen LogP contribution >= 0.6 is 11.6 Å². The van der Waals surface area contributed by atoms with E-state index in [0.29, 0.717) is 5.02 Å². The molecule has 0 spiro atoms. The fourth-order valence-corrected chi connectivity index (χ4v) is 1.79. The lowest BCUT2D eigenvalue weighted by atomic mass is 10.1. The lowest BCUT2D eigenvalue weighted by Crippen LogP contribution is -2.06. The molecule has 0 saturated carbocycles. The maximum Gasteiger partial charge on any atom is 0.337 e. The molecule has 98 valence electrons. The molecule has 0 amide bonds. The molecule has 0 saturated heterocycles. The number of nitrogens with two attached hydrogens (primary N) is 1. The first kappa shape index (κ1) is 13.2. The van der Waals surface area contributed by atoms with Gasteiger partial charge in [0.2, 0.25) is 0 Å². The molecule has 2 aromatic carbocycles. The Hall–Kier alpha value is -2.27. The number of benzene rings is 2. The summed E-state index contributed by atoms with van der Waals surface area (Å²) in [5.74, 6) is -1.71. The van der Waals surface area contributed by atoms with E-state index < -0.39 is 11.8 Å². The van der Waals surface area contributed by atoms with Gasteiger partial charge in [0, 0.05) is 5.02 Å². The molecule has 0 aliphatic heterocycles. The average Bonchev–Trinajstić information content (AvgIpc) is 2.35. The average molecular weight is 281 g/mol. The van der Waals surface area contributed by atoms with Crippen LogP contribution in [0.2, 0.25) is 5.02 Å². The van der Waals surface area contributed by atoms with E-state index in [9.17, 15) is 9.18 Å². The Labute approximate surface area is 113 Å². The number of aromatic carboxylic acids is 1. The number of carboxylic acids is 1. The fourth-order valence-electron chi connectivity index (χ4n) is 1.62. The third kappa shape index (κ3) is 2.77. The van der Waals surface area contributed by atoms with Gasteiger partial charge in [-0.05, 0) is 30.3 Å². The third-order valence-corrected chi connectivity index (χ3v) is 2.75. The molecule has 0 fully saturated rings. The van der Waals surface area contributed by atoms with Crippen LogP contribution in [-0.4, -0.2) is 11.1 Å². The Balaban J connectivity index is 2.49. The molecule has 0 aliphatic rings. The highest BCUT2D eigenvalue weighted by atomic mass is 35.5. The van der Waals surface area contributed by atoms with E-state index in [4.69, 9.17) is 22.4 Å². The summed E-state index contributed by atoms with van der Waals surface area (Å²) in [7, 11) is 0. The van der Waals surface area contributed by atoms with Gasteiger partial charge in [0.1, 0.15) is 5.82 Å². The minimum Gasteiger partial charge on any atom is -0.478 e. The van der Waals surface area contributed by atoms with E-state index in [-0.39, 0.29) is 22.6 Å². The van der Waals surface area contributed by atoms with Crippen molar-refractivity contribution in [2.24, 2.45) is 0 Å². The minimum absolute atomic E-state index is 0.0422. The van der Waals surface area contributed by atoms with Crippen molar-refractivity contribution in [3.63, 3.8) is 0 Å². The summed E-state index contributed by atoms with van der Waals surface area (Å²) in [4.78, 5) is 11.1. The van der Waals surface area contributed by atoms with E-state index >= 15 is 0 Å². The van der Waals surface area contributed by atoms with Crippen LogP contribution in [0.25, 0.3) is 0 Å². The number of nitrogens with one attached hydrogen (secondary N) is 1. The molecule has 0 heterocycles. The molecule has 0 unspecified atom stereocenters. The van der Waals surface area contributed by atoms with Crippen LogP contribution in [0, 0.1) is 5.82 Å². The SMILES string of the molecule is Nc1cccc(C(=O)O)c1Nc1cc(Cl)ccc1F. The highest BCUT2D eigenvalue weighted by molar-refractivity contribution is 6.30. The van der Waals surface area contributed by atoms with Crippen molar-refractivity contribution in [3.8, 4) is 0 Å². The highest BCUT2D eigenvalue weighted by Gasteiger charge is 2.14. The van der Waals surface area contributed by atoms with Crippen molar-refractivity contribution in [3.05, 3.63) is 52.8 Å². The number of rotatable bonds is 3. The molecule has 0 aliphatic carbocycles. The first-order chi connectivity index (χ1) is 8.99. The Morgan fingerprint density at radius 2 is 2.05 bits per heavy atom. The Kier molecular flexibility index (Phi) is 3.57. The lowest BCUT2D eigenvalue weighted by molar-refractivity contribution is 0.0698. The molecule has 0 aromatic heterocycles. The first-order valence-corrected chi connectivity index (χ1v) is 5.70. The van der Waals surface area contributed by atoms with E-state index in [1.165, 1.54) is 36.4 Å². The molecule has 0 radical (unpaired) electrons. The van der Waals surface area contributed by atoms with E-state index in [2.05, 4.69) is 5.32 Å². The summed E-state index contributed by atoms with van der Waals surface area (Å²) in [6.45, 7) is 0. The van der Waals surface area contributed by atoms with Gasteiger partial charge in [-0.3, -0.25) is 0 Å². The second-order valence-corrected chi connectivity index (χ2v) is 4.26. The molecule has 4 nitrogen and oxygen atoms in total. The molecule has 19 heavy (non-hydrogen) atoms. The predicted octanol–water partition coefficient (Wildman–Crippen LogP) is 3.50. The van der Waals surface area contributed by atoms with Gasteiger partial charge >= 0.3 is 5.97 Å². The smallest absolute Gasteiger partial charge is 0.337 e. The van der Waals surface area contributed by atoms with Crippen LogP contribution < -0.4 is 11.1 Å². The molecule has 6 heteroatoms. The zero-order chi connectivity index (χ0) is 14.0. The summed E-state index contributed by atoms with van der Waals surface area (Å²) < 4.78 is 13.6. The molecule has 0 atom stereocenters. The van der Waals surface area contributed by atoms with Gasteiger partial charge in [-0.25, -0.2) is 9.18 Å². The second-order valence-electron chi connectivity index (χ2n) is 3.82. The molecule has 0 bridgehead atoms. The highest BCUT2D eigenvalue weighted by Crippen LogP contribution is 2.30.